The molecule has 4 heterocycles. The van der Waals surface area contributed by atoms with Gasteiger partial charge in [-0.25, -0.2) is 0 Å². The molecule has 412 valence electrons. The van der Waals surface area contributed by atoms with E-state index in [1.807, 2.05) is 160 Å². The second-order valence-corrected chi connectivity index (χ2v) is 19.2. The molecule has 0 spiro atoms. The van der Waals surface area contributed by atoms with E-state index in [1.54, 1.807) is 14.7 Å². The molecule has 0 aliphatic rings. The van der Waals surface area contributed by atoms with Crippen molar-refractivity contribution in [1.82, 2.24) is 59.8 Å². The van der Waals surface area contributed by atoms with Crippen molar-refractivity contribution in [1.29, 1.82) is 0 Å². The molecule has 8 rings (SSSR count). The van der Waals surface area contributed by atoms with E-state index in [0.29, 0.717) is 72.2 Å². The van der Waals surface area contributed by atoms with Crippen molar-refractivity contribution in [3.8, 4) is 0 Å². The lowest BCUT2D eigenvalue weighted by Gasteiger charge is -2.12. The topological polar surface area (TPSA) is 329 Å². The lowest BCUT2D eigenvalue weighted by Crippen LogP contribution is -2.17. The quantitative estimate of drug-likeness (QED) is 0.0396. The summed E-state index contributed by atoms with van der Waals surface area (Å²) in [4.78, 5) is 54.8. The molecule has 78 heavy (non-hydrogen) atoms. The maximum absolute atomic E-state index is 5.85. The number of anilines is 13. The number of hydrogen-bond acceptors (Lipinski definition) is 24. The largest absolute Gasteiger partial charge is 0.368 e. The van der Waals surface area contributed by atoms with E-state index in [0.717, 1.165) is 39.7 Å². The molecule has 0 radical (unpaired) electrons. The highest BCUT2D eigenvalue weighted by atomic mass is 35.5. The van der Waals surface area contributed by atoms with Crippen LogP contribution in [0.15, 0.2) is 97.1 Å². The molecule has 0 bridgehead atoms. The van der Waals surface area contributed by atoms with Crippen LogP contribution in [0.3, 0.4) is 0 Å². The van der Waals surface area contributed by atoms with Crippen LogP contribution in [-0.2, 0) is 19.4 Å². The van der Waals surface area contributed by atoms with Crippen LogP contribution in [0.5, 0.6) is 0 Å². The van der Waals surface area contributed by atoms with Gasteiger partial charge >= 0.3 is 0 Å². The van der Waals surface area contributed by atoms with Crippen molar-refractivity contribution in [3.05, 3.63) is 134 Å². The van der Waals surface area contributed by atoms with E-state index >= 15 is 0 Å². The van der Waals surface area contributed by atoms with Crippen molar-refractivity contribution in [3.63, 3.8) is 0 Å². The summed E-state index contributed by atoms with van der Waals surface area (Å²) >= 11 is 17.5. The zero-order chi connectivity index (χ0) is 56.7. The molecule has 27 heteroatoms. The van der Waals surface area contributed by atoms with E-state index in [1.165, 1.54) is 11.1 Å². The Morgan fingerprint density at radius 2 is 0.808 bits per heavy atom. The van der Waals surface area contributed by atoms with Gasteiger partial charge < -0.3 is 64.2 Å². The number of hydrogen-bond donors (Lipinski definition) is 9. The Balaban J connectivity index is 0.000000192. The standard InChI is InChI=1S/C14H19ClN6.C13H17ClN6.C12H15ClN6.C12H16N6/c1-9(2)18-14-20-12(16)19-13(21-14)17-8-7-10-3-5-11(15)6-4-10;1-20(2)13-18-11(15)17-12(19-13)16-8-7-9-3-5-10(14)6-4-9;1-19(2)12-17-10(14)16-11(18-12)15-7-8-3-5-9(13)6-4-8;1-8-5-4-6-9(7-8)14-11-15-10(13)16-12(17-11)18(2)3/h3-6,9H,7-8H2,1-2H3,(H4,16,17,18,19,20,21);3-6H,7-8H2,1-2H3,(H3,15,16,17,18,19);3-6H,7H2,1-2H3,(H3,14,15,16,17,18);4-7H,1-3H3,(H3,13,14,15,16,17). The van der Waals surface area contributed by atoms with Crippen molar-refractivity contribution < 1.29 is 0 Å². The summed E-state index contributed by atoms with van der Waals surface area (Å²) in [5.41, 5.74) is 28.2. The van der Waals surface area contributed by atoms with Gasteiger partial charge in [0.2, 0.25) is 71.4 Å². The first-order valence-electron chi connectivity index (χ1n) is 24.3. The van der Waals surface area contributed by atoms with Crippen LogP contribution in [0.4, 0.5) is 77.1 Å². The third kappa shape index (κ3) is 21.9. The molecule has 0 saturated heterocycles. The predicted molar refractivity (Wildman–Crippen MR) is 319 cm³/mol. The molecule has 24 nitrogen and oxygen atoms in total. The molecule has 0 fully saturated rings. The lowest BCUT2D eigenvalue weighted by atomic mass is 10.1. The van der Waals surface area contributed by atoms with Crippen LogP contribution in [0.25, 0.3) is 0 Å². The number of halogens is 3. The molecular weight excluding hydrogens is 1060 g/mol. The van der Waals surface area contributed by atoms with E-state index in [2.05, 4.69) is 86.4 Å². The molecule has 0 aliphatic carbocycles. The van der Waals surface area contributed by atoms with Crippen LogP contribution in [-0.4, -0.2) is 121 Å². The second kappa shape index (κ2) is 30.2. The number of nitrogens with one attached hydrogen (secondary N) is 5. The predicted octanol–water partition coefficient (Wildman–Crippen LogP) is 7.77. The SMILES string of the molecule is CC(C)Nc1nc(N)nc(NCCc2ccc(Cl)cc2)n1.CN(C)c1nc(N)nc(NCCc2ccc(Cl)cc2)n1.CN(C)c1nc(N)nc(NCc2ccc(Cl)cc2)n1.Cc1cccc(Nc2nc(N)nc(N(C)C)n2)c1. The Hall–Kier alpha value is -8.61. The zero-order valence-electron chi connectivity index (χ0n) is 45.0. The molecular formula is C51H67Cl3N24. The van der Waals surface area contributed by atoms with Gasteiger partial charge in [-0.2, -0.15) is 59.8 Å². The number of benzene rings is 4. The first-order valence-corrected chi connectivity index (χ1v) is 25.4. The van der Waals surface area contributed by atoms with Gasteiger partial charge in [-0.15, -0.1) is 0 Å². The van der Waals surface area contributed by atoms with Gasteiger partial charge in [0.15, 0.2) is 0 Å². The molecule has 4 aromatic carbocycles. The molecule has 0 saturated carbocycles. The van der Waals surface area contributed by atoms with E-state index in [-0.39, 0.29) is 29.8 Å². The maximum Gasteiger partial charge on any atom is 0.233 e. The molecule has 0 atom stereocenters. The minimum absolute atomic E-state index is 0.192. The second-order valence-electron chi connectivity index (χ2n) is 17.9. The molecule has 8 aromatic rings. The number of nitrogen functional groups attached to an aromatic ring is 4. The third-order valence-electron chi connectivity index (χ3n) is 10.1. The van der Waals surface area contributed by atoms with E-state index in [4.69, 9.17) is 57.7 Å². The number of rotatable bonds is 18. The van der Waals surface area contributed by atoms with E-state index < -0.39 is 0 Å². The van der Waals surface area contributed by atoms with Crippen molar-refractivity contribution in [2.24, 2.45) is 0 Å². The summed E-state index contributed by atoms with van der Waals surface area (Å²) in [6.07, 6.45) is 1.69. The van der Waals surface area contributed by atoms with Gasteiger partial charge in [0.1, 0.15) is 0 Å². The van der Waals surface area contributed by atoms with Gasteiger partial charge in [-0.05, 0) is 104 Å². The average Bonchev–Trinajstić information content (AvgIpc) is 3.37. The van der Waals surface area contributed by atoms with Gasteiger partial charge in [0.05, 0.1) is 0 Å². The lowest BCUT2D eigenvalue weighted by molar-refractivity contribution is 0.866. The summed E-state index contributed by atoms with van der Waals surface area (Å²) in [5.74, 6) is 4.69. The van der Waals surface area contributed by atoms with Crippen LogP contribution in [0.2, 0.25) is 15.1 Å². The highest BCUT2D eigenvalue weighted by Gasteiger charge is 2.10. The fourth-order valence-electron chi connectivity index (χ4n) is 6.32. The molecule has 0 amide bonds. The summed E-state index contributed by atoms with van der Waals surface area (Å²) in [6, 6.07) is 31.2. The number of nitrogens with two attached hydrogens (primary N) is 4. The summed E-state index contributed by atoms with van der Waals surface area (Å²) in [7, 11) is 11.1. The monoisotopic (exact) mass is 1120 g/mol. The van der Waals surface area contributed by atoms with Gasteiger partial charge in [0.25, 0.3) is 0 Å². The average molecular weight is 1120 g/mol. The maximum atomic E-state index is 5.85. The first-order chi connectivity index (χ1) is 37.2. The van der Waals surface area contributed by atoms with Crippen LogP contribution in [0, 0.1) is 6.92 Å². The number of aryl methyl sites for hydroxylation is 1. The third-order valence-corrected chi connectivity index (χ3v) is 10.8. The number of nitrogens with zero attached hydrogens (tertiary/aromatic N) is 15. The fraction of sp³-hybridized carbons (Fsp3) is 0.294. The van der Waals surface area contributed by atoms with Crippen molar-refractivity contribution in [2.45, 2.75) is 46.2 Å². The molecule has 4 aromatic heterocycles. The minimum Gasteiger partial charge on any atom is -0.368 e. The minimum atomic E-state index is 0.192. The Morgan fingerprint density at radius 3 is 1.23 bits per heavy atom. The Kier molecular flexibility index (Phi) is 23.3. The van der Waals surface area contributed by atoms with Crippen LogP contribution in [0.1, 0.15) is 36.1 Å². The van der Waals surface area contributed by atoms with Crippen LogP contribution < -0.4 is 64.2 Å². The Labute approximate surface area is 469 Å². The van der Waals surface area contributed by atoms with Crippen molar-refractivity contribution >= 4 is 112 Å². The van der Waals surface area contributed by atoms with E-state index in [9.17, 15) is 0 Å². The highest BCUT2D eigenvalue weighted by molar-refractivity contribution is 6.31. The van der Waals surface area contributed by atoms with Crippen molar-refractivity contribution in [2.75, 3.05) is 120 Å². The molecule has 0 aliphatic heterocycles. The Bertz CT molecular complexity index is 3090. The van der Waals surface area contributed by atoms with Gasteiger partial charge in [-0.3, -0.25) is 0 Å². The summed E-state index contributed by atoms with van der Waals surface area (Å²) in [5, 5.41) is 17.8. The van der Waals surface area contributed by atoms with Gasteiger partial charge in [-0.1, -0.05) is 83.3 Å². The van der Waals surface area contributed by atoms with Gasteiger partial charge in [0, 0.05) is 88.7 Å². The zero-order valence-corrected chi connectivity index (χ0v) is 47.3. The first kappa shape index (κ1) is 60.3. The number of aromatic nitrogens is 12. The van der Waals surface area contributed by atoms with Crippen LogP contribution >= 0.6 is 34.8 Å². The Morgan fingerprint density at radius 1 is 0.436 bits per heavy atom. The smallest absolute Gasteiger partial charge is 0.233 e. The summed E-state index contributed by atoms with van der Waals surface area (Å²) < 4.78 is 0. The molecule has 13 N–H and O–H groups in total. The molecule has 0 unspecified atom stereocenters. The fourth-order valence-corrected chi connectivity index (χ4v) is 6.70. The normalized spacial score (nSPS) is 10.4. The highest BCUT2D eigenvalue weighted by Crippen LogP contribution is 2.18. The summed E-state index contributed by atoms with van der Waals surface area (Å²) in [6.45, 7) is 8.04.